The predicted octanol–water partition coefficient (Wildman–Crippen LogP) is 3.43. The Balaban J connectivity index is 3.45. The fourth-order valence-corrected chi connectivity index (χ4v) is 2.21. The second kappa shape index (κ2) is 3.94. The van der Waals surface area contributed by atoms with Crippen molar-refractivity contribution < 1.29 is 17.9 Å². The van der Waals surface area contributed by atoms with Gasteiger partial charge in [-0.1, -0.05) is 0 Å². The number of aromatic nitrogens is 2. The third kappa shape index (κ3) is 2.34. The molecule has 0 spiro atoms. The summed E-state index contributed by atoms with van der Waals surface area (Å²) >= 11 is 2.91. The van der Waals surface area contributed by atoms with Crippen LogP contribution in [-0.4, -0.2) is 16.9 Å². The maximum atomic E-state index is 12.7. The number of hydrogen-bond donors (Lipinski definition) is 0. The number of alkyl halides is 3. The van der Waals surface area contributed by atoms with Crippen molar-refractivity contribution in [2.45, 2.75) is 32.5 Å². The minimum absolute atomic E-state index is 0.121. The largest absolute Gasteiger partial charge is 0.479 e. The summed E-state index contributed by atoms with van der Waals surface area (Å²) in [7, 11) is 1.16. The van der Waals surface area contributed by atoms with Gasteiger partial charge in [0.1, 0.15) is 4.60 Å². The van der Waals surface area contributed by atoms with Gasteiger partial charge < -0.3 is 4.74 Å². The number of methoxy groups -OCH3 is 1. The van der Waals surface area contributed by atoms with Gasteiger partial charge in [0.2, 0.25) is 5.88 Å². The van der Waals surface area contributed by atoms with Gasteiger partial charge >= 0.3 is 6.18 Å². The standard InChI is InChI=1S/C9H12BrF3N2O/c1-8(2,3)15-6(10)5(9(11,12)13)7(14-15)16-4/h1-4H3. The topological polar surface area (TPSA) is 27.1 Å². The Morgan fingerprint density at radius 1 is 1.25 bits per heavy atom. The highest BCUT2D eigenvalue weighted by atomic mass is 79.9. The molecule has 0 radical (unpaired) electrons. The van der Waals surface area contributed by atoms with Crippen molar-refractivity contribution in [2.24, 2.45) is 0 Å². The van der Waals surface area contributed by atoms with Crippen molar-refractivity contribution in [1.82, 2.24) is 9.78 Å². The van der Waals surface area contributed by atoms with Gasteiger partial charge in [0.15, 0.2) is 5.56 Å². The molecule has 0 atom stereocenters. The van der Waals surface area contributed by atoms with Crippen LogP contribution in [0.3, 0.4) is 0 Å². The lowest BCUT2D eigenvalue weighted by molar-refractivity contribution is -0.139. The quantitative estimate of drug-likeness (QED) is 0.794. The highest BCUT2D eigenvalue weighted by Crippen LogP contribution is 2.42. The lowest BCUT2D eigenvalue weighted by atomic mass is 10.1. The maximum absolute atomic E-state index is 12.7. The first-order valence-corrected chi connectivity index (χ1v) is 5.28. The molecule has 7 heteroatoms. The average molecular weight is 301 g/mol. The number of rotatable bonds is 1. The second-order valence-electron chi connectivity index (χ2n) is 4.26. The van der Waals surface area contributed by atoms with Crippen LogP contribution in [0.1, 0.15) is 26.3 Å². The zero-order valence-electron chi connectivity index (χ0n) is 9.31. The van der Waals surface area contributed by atoms with Crippen LogP contribution in [0.15, 0.2) is 4.60 Å². The first-order valence-electron chi connectivity index (χ1n) is 4.49. The van der Waals surface area contributed by atoms with Crippen LogP contribution < -0.4 is 4.74 Å². The van der Waals surface area contributed by atoms with Crippen molar-refractivity contribution in [3.8, 4) is 5.88 Å². The minimum Gasteiger partial charge on any atom is -0.479 e. The summed E-state index contributed by atoms with van der Waals surface area (Å²) in [4.78, 5) is 0. The van der Waals surface area contributed by atoms with Crippen molar-refractivity contribution in [1.29, 1.82) is 0 Å². The van der Waals surface area contributed by atoms with Crippen LogP contribution in [0.25, 0.3) is 0 Å². The number of ether oxygens (including phenoxy) is 1. The molecule has 0 amide bonds. The number of halogens is 4. The monoisotopic (exact) mass is 300 g/mol. The second-order valence-corrected chi connectivity index (χ2v) is 5.01. The molecule has 0 aliphatic heterocycles. The molecule has 0 bridgehead atoms. The van der Waals surface area contributed by atoms with E-state index in [2.05, 4.69) is 25.8 Å². The van der Waals surface area contributed by atoms with E-state index in [9.17, 15) is 13.2 Å². The molecule has 0 aliphatic carbocycles. The van der Waals surface area contributed by atoms with Gasteiger partial charge in [-0.2, -0.15) is 13.2 Å². The third-order valence-corrected chi connectivity index (χ3v) is 2.64. The number of nitrogens with zero attached hydrogens (tertiary/aromatic N) is 2. The first kappa shape index (κ1) is 13.3. The first-order chi connectivity index (χ1) is 7.09. The zero-order chi connectivity index (χ0) is 12.7. The van der Waals surface area contributed by atoms with E-state index in [0.717, 1.165) is 7.11 Å². The van der Waals surface area contributed by atoms with E-state index in [4.69, 9.17) is 0 Å². The molecule has 0 fully saturated rings. The van der Waals surface area contributed by atoms with Crippen molar-refractivity contribution in [2.75, 3.05) is 7.11 Å². The van der Waals surface area contributed by atoms with E-state index < -0.39 is 23.2 Å². The Morgan fingerprint density at radius 2 is 1.75 bits per heavy atom. The molecule has 0 saturated carbocycles. The van der Waals surface area contributed by atoms with Gasteiger partial charge in [-0.05, 0) is 36.7 Å². The van der Waals surface area contributed by atoms with Crippen LogP contribution in [0, 0.1) is 0 Å². The molecule has 0 N–H and O–H groups in total. The van der Waals surface area contributed by atoms with Crippen LogP contribution in [0.4, 0.5) is 13.2 Å². The fourth-order valence-electron chi connectivity index (χ4n) is 1.20. The van der Waals surface area contributed by atoms with E-state index >= 15 is 0 Å². The number of hydrogen-bond acceptors (Lipinski definition) is 2. The van der Waals surface area contributed by atoms with Crippen molar-refractivity contribution in [3.63, 3.8) is 0 Å². The van der Waals surface area contributed by atoms with Crippen LogP contribution in [-0.2, 0) is 11.7 Å². The molecular formula is C9H12BrF3N2O. The van der Waals surface area contributed by atoms with Gasteiger partial charge in [0.25, 0.3) is 0 Å². The van der Waals surface area contributed by atoms with Gasteiger partial charge in [-0.25, -0.2) is 4.68 Å². The molecule has 0 aromatic carbocycles. The van der Waals surface area contributed by atoms with E-state index in [0.29, 0.717) is 0 Å². The molecule has 1 aromatic heterocycles. The highest BCUT2D eigenvalue weighted by molar-refractivity contribution is 9.10. The molecule has 92 valence electrons. The summed E-state index contributed by atoms with van der Waals surface area (Å²) in [5.74, 6) is -0.422. The molecule has 0 saturated heterocycles. The lowest BCUT2D eigenvalue weighted by Crippen LogP contribution is -2.23. The molecular weight excluding hydrogens is 289 g/mol. The predicted molar refractivity (Wildman–Crippen MR) is 56.5 cm³/mol. The summed E-state index contributed by atoms with van der Waals surface area (Å²) in [5, 5.41) is 3.79. The summed E-state index contributed by atoms with van der Waals surface area (Å²) in [6.45, 7) is 5.26. The van der Waals surface area contributed by atoms with Crippen LogP contribution in [0.5, 0.6) is 5.88 Å². The Bertz CT molecular complexity index is 393. The van der Waals surface area contributed by atoms with Crippen molar-refractivity contribution >= 4 is 15.9 Å². The SMILES string of the molecule is COc1nn(C(C)(C)C)c(Br)c1C(F)(F)F. The molecule has 3 nitrogen and oxygen atoms in total. The van der Waals surface area contributed by atoms with E-state index in [1.165, 1.54) is 4.68 Å². The average Bonchev–Trinajstić information content (AvgIpc) is 2.40. The van der Waals surface area contributed by atoms with E-state index in [1.807, 2.05) is 0 Å². The zero-order valence-corrected chi connectivity index (χ0v) is 10.9. The molecule has 0 unspecified atom stereocenters. The molecule has 1 rings (SSSR count). The summed E-state index contributed by atoms with van der Waals surface area (Å²) in [6, 6.07) is 0. The van der Waals surface area contributed by atoms with Crippen LogP contribution in [0.2, 0.25) is 0 Å². The molecule has 0 aliphatic rings. The van der Waals surface area contributed by atoms with Gasteiger partial charge in [0, 0.05) is 0 Å². The smallest absolute Gasteiger partial charge is 0.424 e. The van der Waals surface area contributed by atoms with E-state index in [1.54, 1.807) is 20.8 Å². The van der Waals surface area contributed by atoms with Gasteiger partial charge in [0.05, 0.1) is 12.6 Å². The van der Waals surface area contributed by atoms with Crippen molar-refractivity contribution in [3.05, 3.63) is 10.2 Å². The summed E-state index contributed by atoms with van der Waals surface area (Å²) < 4.78 is 44.0. The Morgan fingerprint density at radius 3 is 2.00 bits per heavy atom. The summed E-state index contributed by atoms with van der Waals surface area (Å²) in [6.07, 6.45) is -4.49. The maximum Gasteiger partial charge on any atom is 0.424 e. The molecule has 1 heterocycles. The van der Waals surface area contributed by atoms with Crippen LogP contribution >= 0.6 is 15.9 Å². The molecule has 16 heavy (non-hydrogen) atoms. The minimum atomic E-state index is -4.49. The van der Waals surface area contributed by atoms with Gasteiger partial charge in [-0.15, -0.1) is 5.10 Å². The molecule has 1 aromatic rings. The normalized spacial score (nSPS) is 13.0. The summed E-state index contributed by atoms with van der Waals surface area (Å²) in [5.41, 5.74) is -1.44. The van der Waals surface area contributed by atoms with Gasteiger partial charge in [-0.3, -0.25) is 0 Å². The lowest BCUT2D eigenvalue weighted by Gasteiger charge is -2.20. The Kier molecular flexibility index (Phi) is 3.29. The highest BCUT2D eigenvalue weighted by Gasteiger charge is 2.41. The fraction of sp³-hybridized carbons (Fsp3) is 0.667. The Hall–Kier alpha value is -0.720. The Labute approximate surface area is 99.7 Å². The third-order valence-electron chi connectivity index (χ3n) is 1.91. The van der Waals surface area contributed by atoms with E-state index in [-0.39, 0.29) is 4.60 Å².